The van der Waals surface area contributed by atoms with E-state index < -0.39 is 32.8 Å². The Morgan fingerprint density at radius 3 is 2.29 bits per heavy atom. The maximum absolute atomic E-state index is 12.6. The fraction of sp³-hybridized carbons (Fsp3) is 0.111. The minimum absolute atomic E-state index is 0. The number of alkyl halides is 2. The molecule has 1 aromatic rings. The molecule has 1 aromatic carbocycles. The van der Waals surface area contributed by atoms with Crippen molar-refractivity contribution in [2.45, 2.75) is 11.3 Å². The average molecular weight is 274 g/mol. The van der Waals surface area contributed by atoms with Crippen molar-refractivity contribution in [1.29, 1.82) is 0 Å². The van der Waals surface area contributed by atoms with Gasteiger partial charge in [-0.05, 0) is 17.7 Å². The molecule has 0 fully saturated rings. The van der Waals surface area contributed by atoms with E-state index in [1.807, 2.05) is 0 Å². The van der Waals surface area contributed by atoms with Crippen LogP contribution in [0, 0.1) is 0 Å². The van der Waals surface area contributed by atoms with Crippen LogP contribution in [-0.4, -0.2) is 19.4 Å². The first-order chi connectivity index (χ1) is 7.32. The van der Waals surface area contributed by atoms with Crippen LogP contribution in [-0.2, 0) is 10.1 Å². The molecule has 0 aliphatic rings. The van der Waals surface area contributed by atoms with Crippen LogP contribution in [0.15, 0.2) is 35.0 Å². The van der Waals surface area contributed by atoms with Gasteiger partial charge in [-0.3, -0.25) is 0 Å². The van der Waals surface area contributed by atoms with Crippen LogP contribution in [0.25, 0.3) is 6.08 Å². The van der Waals surface area contributed by atoms with Crippen LogP contribution in [0.3, 0.4) is 0 Å². The monoisotopic (exact) mass is 274 g/mol. The molecule has 17 heavy (non-hydrogen) atoms. The Morgan fingerprint density at radius 2 is 1.82 bits per heavy atom. The molecule has 0 radical (unpaired) electrons. The zero-order valence-corrected chi connectivity index (χ0v) is 11.5. The molecule has 3 nitrogen and oxygen atoms in total. The summed E-state index contributed by atoms with van der Waals surface area (Å²) in [5.41, 5.74) is -0.393. The first kappa shape index (κ1) is 16.7. The van der Waals surface area contributed by atoms with E-state index in [9.17, 15) is 26.1 Å². The van der Waals surface area contributed by atoms with E-state index in [2.05, 4.69) is 0 Å². The fourth-order valence-corrected chi connectivity index (χ4v) is 1.70. The summed E-state index contributed by atoms with van der Waals surface area (Å²) in [5.74, 6) is -1.80. The van der Waals surface area contributed by atoms with E-state index in [0.29, 0.717) is 6.08 Å². The molecule has 0 amide bonds. The maximum Gasteiger partial charge on any atom is 1.00 e. The van der Waals surface area contributed by atoms with Crippen LogP contribution in [0.1, 0.15) is 5.56 Å². The summed E-state index contributed by atoms with van der Waals surface area (Å²) in [4.78, 5) is -0.731. The zero-order valence-electron chi connectivity index (χ0n) is 8.73. The van der Waals surface area contributed by atoms with E-state index >= 15 is 0 Å². The quantitative estimate of drug-likeness (QED) is 0.534. The average Bonchev–Trinajstić information content (AvgIpc) is 2.16. The Hall–Kier alpha value is -0.340. The van der Waals surface area contributed by atoms with Gasteiger partial charge in [0.05, 0.1) is 4.90 Å². The Balaban J connectivity index is 0.00000256. The molecular formula is C9H6F3NaO3S. The number of hydrogen-bond acceptors (Lipinski definition) is 3. The summed E-state index contributed by atoms with van der Waals surface area (Å²) in [6, 6.07) is 4.53. The Labute approximate surface area is 118 Å². The van der Waals surface area contributed by atoms with Gasteiger partial charge in [-0.25, -0.2) is 21.6 Å². The second-order valence-electron chi connectivity index (χ2n) is 2.82. The molecule has 0 saturated carbocycles. The van der Waals surface area contributed by atoms with Crippen molar-refractivity contribution in [3.8, 4) is 0 Å². The van der Waals surface area contributed by atoms with Crippen molar-refractivity contribution in [2.75, 3.05) is 0 Å². The predicted molar refractivity (Wildman–Crippen MR) is 49.5 cm³/mol. The van der Waals surface area contributed by atoms with Gasteiger partial charge >= 0.3 is 29.6 Å². The van der Waals surface area contributed by atoms with Crippen molar-refractivity contribution < 1.29 is 55.7 Å². The van der Waals surface area contributed by atoms with Gasteiger partial charge in [0.1, 0.15) is 10.1 Å². The van der Waals surface area contributed by atoms with Crippen molar-refractivity contribution in [1.82, 2.24) is 0 Å². The fourth-order valence-electron chi connectivity index (χ4n) is 1.04. The summed E-state index contributed by atoms with van der Waals surface area (Å²) in [5, 5.41) is 0. The molecule has 88 valence electrons. The normalized spacial score (nSPS) is 12.4. The number of benzene rings is 1. The molecule has 0 bridgehead atoms. The molecule has 0 aromatic heterocycles. The minimum atomic E-state index is -4.81. The third kappa shape index (κ3) is 4.81. The summed E-state index contributed by atoms with van der Waals surface area (Å²) in [6.45, 7) is 0. The van der Waals surface area contributed by atoms with E-state index in [-0.39, 0.29) is 29.6 Å². The van der Waals surface area contributed by atoms with Crippen LogP contribution < -0.4 is 29.6 Å². The van der Waals surface area contributed by atoms with Gasteiger partial charge < -0.3 is 4.55 Å². The molecule has 0 heterocycles. The van der Waals surface area contributed by atoms with E-state index in [1.54, 1.807) is 0 Å². The Kier molecular flexibility index (Phi) is 6.42. The number of rotatable bonds is 3. The molecule has 8 heteroatoms. The SMILES string of the molecule is O=S(=O)([O-])c1ccccc1C=C(F)C(F)F.[Na+]. The van der Waals surface area contributed by atoms with Crippen LogP contribution >= 0.6 is 0 Å². The van der Waals surface area contributed by atoms with Gasteiger partial charge in [0.25, 0.3) is 6.43 Å². The van der Waals surface area contributed by atoms with Crippen LogP contribution in [0.2, 0.25) is 0 Å². The van der Waals surface area contributed by atoms with Gasteiger partial charge in [-0.1, -0.05) is 18.2 Å². The summed E-state index contributed by atoms with van der Waals surface area (Å²) in [6.07, 6.45) is -3.02. The number of hydrogen-bond donors (Lipinski definition) is 0. The summed E-state index contributed by atoms with van der Waals surface area (Å²) < 4.78 is 68.5. The Morgan fingerprint density at radius 1 is 1.29 bits per heavy atom. The smallest absolute Gasteiger partial charge is 0.744 e. The van der Waals surface area contributed by atoms with Crippen LogP contribution in [0.5, 0.6) is 0 Å². The van der Waals surface area contributed by atoms with Gasteiger partial charge in [-0.2, -0.15) is 0 Å². The standard InChI is InChI=1S/C9H7F3O3S.Na/c10-7(9(11)12)5-6-3-1-2-4-8(6)16(13,14)15;/h1-5,9H,(H,13,14,15);/q;+1/p-1. The van der Waals surface area contributed by atoms with E-state index in [0.717, 1.165) is 12.1 Å². The summed E-state index contributed by atoms with van der Waals surface area (Å²) >= 11 is 0. The van der Waals surface area contributed by atoms with Gasteiger partial charge in [-0.15, -0.1) is 0 Å². The second-order valence-corrected chi connectivity index (χ2v) is 4.17. The predicted octanol–water partition coefficient (Wildman–Crippen LogP) is -0.830. The minimum Gasteiger partial charge on any atom is -0.744 e. The number of allylic oxidation sites excluding steroid dienone is 1. The molecule has 0 atom stereocenters. The number of halogens is 3. The molecule has 1 rings (SSSR count). The second kappa shape index (κ2) is 6.55. The molecular weight excluding hydrogens is 268 g/mol. The van der Waals surface area contributed by atoms with Gasteiger partial charge in [0, 0.05) is 0 Å². The molecule has 0 spiro atoms. The van der Waals surface area contributed by atoms with Gasteiger partial charge in [0.2, 0.25) is 0 Å². The van der Waals surface area contributed by atoms with Crippen molar-refractivity contribution in [3.63, 3.8) is 0 Å². The first-order valence-corrected chi connectivity index (χ1v) is 5.43. The topological polar surface area (TPSA) is 57.2 Å². The first-order valence-electron chi connectivity index (χ1n) is 4.02. The van der Waals surface area contributed by atoms with Crippen molar-refractivity contribution in [2.24, 2.45) is 0 Å². The van der Waals surface area contributed by atoms with E-state index in [1.165, 1.54) is 12.1 Å². The molecule has 0 aliphatic carbocycles. The maximum atomic E-state index is 12.6. The zero-order chi connectivity index (χ0) is 12.3. The van der Waals surface area contributed by atoms with Crippen molar-refractivity contribution >= 4 is 16.2 Å². The van der Waals surface area contributed by atoms with Crippen LogP contribution in [0.4, 0.5) is 13.2 Å². The molecule has 0 saturated heterocycles. The molecule has 0 aliphatic heterocycles. The van der Waals surface area contributed by atoms with Gasteiger partial charge in [0.15, 0.2) is 5.83 Å². The Bertz CT molecular complexity index is 514. The molecule has 0 N–H and O–H groups in total. The van der Waals surface area contributed by atoms with Crippen molar-refractivity contribution in [3.05, 3.63) is 35.7 Å². The molecule has 0 unspecified atom stereocenters. The largest absolute Gasteiger partial charge is 1.00 e. The van der Waals surface area contributed by atoms with E-state index in [4.69, 9.17) is 0 Å². The third-order valence-electron chi connectivity index (χ3n) is 1.69. The summed E-state index contributed by atoms with van der Waals surface area (Å²) in [7, 11) is -4.81. The third-order valence-corrected chi connectivity index (χ3v) is 2.60.